The molecule has 3 rings (SSSR count). The minimum absolute atomic E-state index is 0.0154. The van der Waals surface area contributed by atoms with Crippen LogP contribution in [0.1, 0.15) is 18.5 Å². The van der Waals surface area contributed by atoms with Crippen LogP contribution >= 0.6 is 0 Å². The Morgan fingerprint density at radius 1 is 1.22 bits per heavy atom. The van der Waals surface area contributed by atoms with Crippen LogP contribution in [0.3, 0.4) is 0 Å². The van der Waals surface area contributed by atoms with Crippen LogP contribution in [0.2, 0.25) is 0 Å². The van der Waals surface area contributed by atoms with E-state index in [1.54, 1.807) is 6.20 Å². The Labute approximate surface area is 135 Å². The number of rotatable bonds is 5. The molecule has 1 N–H and O–H groups in total. The first-order valence-electron chi connectivity index (χ1n) is 7.65. The fraction of sp³-hybridized carbons (Fsp3) is 0.158. The maximum absolute atomic E-state index is 12.4. The molecular weight excluding hydrogens is 286 g/mol. The number of hydrogen-bond acceptors (Lipinski definition) is 1. The number of carbonyl (C=O) groups excluding carboxylic acids is 1. The van der Waals surface area contributed by atoms with Crippen molar-refractivity contribution in [2.75, 3.05) is 0 Å². The normalized spacial score (nSPS) is 12.0. The Bertz CT molecular complexity index is 836. The summed E-state index contributed by atoms with van der Waals surface area (Å²) in [7, 11) is 0. The minimum atomic E-state index is -0.0166. The molecule has 3 aromatic rings. The summed E-state index contributed by atoms with van der Waals surface area (Å²) in [5.74, 6) is -0.0154. The molecule has 0 saturated carbocycles. The van der Waals surface area contributed by atoms with E-state index in [0.717, 1.165) is 16.6 Å². The van der Waals surface area contributed by atoms with Crippen molar-refractivity contribution in [1.82, 2.24) is 9.88 Å². The van der Waals surface area contributed by atoms with Gasteiger partial charge in [-0.2, -0.15) is 0 Å². The van der Waals surface area contributed by atoms with Crippen LogP contribution in [0.15, 0.2) is 67.5 Å². The molecule has 0 unspecified atom stereocenters. The zero-order valence-corrected chi connectivity index (χ0v) is 13.1. The largest absolute Gasteiger partial charge is 0.346 e. The second kappa shape index (κ2) is 6.48. The summed E-state index contributed by atoms with van der Waals surface area (Å²) in [5.41, 5.74) is 3.14. The summed E-state index contributed by atoms with van der Waals surface area (Å²) in [6.45, 7) is 6.08. The summed E-state index contributed by atoms with van der Waals surface area (Å²) < 4.78 is 3.85. The monoisotopic (exact) mass is 306 g/mol. The standard InChI is InChI=1S/C19H19N3O/c1-3-21-14-22(18-12-8-7-11-17(18)21)13-19(23)20-15(2)16-9-5-4-6-10-16/h3-12,14-15H,1,13H2,2H3/p+1/t15-/m1/s1. The van der Waals surface area contributed by atoms with Gasteiger partial charge in [-0.3, -0.25) is 4.79 Å². The van der Waals surface area contributed by atoms with Crippen molar-refractivity contribution in [1.29, 1.82) is 0 Å². The van der Waals surface area contributed by atoms with Gasteiger partial charge in [0.1, 0.15) is 0 Å². The first-order chi connectivity index (χ1) is 11.2. The first kappa shape index (κ1) is 15.0. The van der Waals surface area contributed by atoms with Crippen LogP contribution in [0.25, 0.3) is 17.2 Å². The molecule has 1 amide bonds. The lowest BCUT2D eigenvalue weighted by atomic mass is 10.1. The maximum atomic E-state index is 12.4. The van der Waals surface area contributed by atoms with Gasteiger partial charge in [-0.25, -0.2) is 9.13 Å². The summed E-state index contributed by atoms with van der Waals surface area (Å²) in [6, 6.07) is 17.9. The van der Waals surface area contributed by atoms with Crippen LogP contribution in [0.5, 0.6) is 0 Å². The van der Waals surface area contributed by atoms with E-state index < -0.39 is 0 Å². The van der Waals surface area contributed by atoms with Crippen molar-refractivity contribution in [2.24, 2.45) is 0 Å². The van der Waals surface area contributed by atoms with E-state index in [0.29, 0.717) is 0 Å². The molecule has 0 saturated heterocycles. The fourth-order valence-electron chi connectivity index (χ4n) is 2.74. The van der Waals surface area contributed by atoms with Crippen molar-refractivity contribution >= 4 is 23.1 Å². The van der Waals surface area contributed by atoms with Gasteiger partial charge in [0, 0.05) is 0 Å². The van der Waals surface area contributed by atoms with Crippen molar-refractivity contribution in [3.8, 4) is 0 Å². The summed E-state index contributed by atoms with van der Waals surface area (Å²) in [4.78, 5) is 12.4. The number of benzene rings is 2. The topological polar surface area (TPSA) is 37.9 Å². The molecule has 0 spiro atoms. The van der Waals surface area contributed by atoms with Crippen LogP contribution in [0, 0.1) is 0 Å². The molecule has 1 atom stereocenters. The molecule has 4 nitrogen and oxygen atoms in total. The van der Waals surface area contributed by atoms with E-state index in [1.165, 1.54) is 0 Å². The summed E-state index contributed by atoms with van der Waals surface area (Å²) in [5, 5.41) is 3.04. The highest BCUT2D eigenvalue weighted by Crippen LogP contribution is 2.12. The Morgan fingerprint density at radius 3 is 2.65 bits per heavy atom. The van der Waals surface area contributed by atoms with Gasteiger partial charge in [0.25, 0.3) is 5.91 Å². The predicted molar refractivity (Wildman–Crippen MR) is 91.5 cm³/mol. The molecule has 0 aliphatic heterocycles. The molecule has 1 heterocycles. The Kier molecular flexibility index (Phi) is 4.24. The molecule has 23 heavy (non-hydrogen) atoms. The zero-order chi connectivity index (χ0) is 16.2. The number of para-hydroxylation sites is 2. The van der Waals surface area contributed by atoms with E-state index >= 15 is 0 Å². The number of nitrogens with zero attached hydrogens (tertiary/aromatic N) is 2. The lowest BCUT2D eigenvalue weighted by Crippen LogP contribution is -2.42. The second-order valence-electron chi connectivity index (χ2n) is 5.52. The Hall–Kier alpha value is -2.88. The zero-order valence-electron chi connectivity index (χ0n) is 13.1. The highest BCUT2D eigenvalue weighted by molar-refractivity contribution is 5.77. The molecule has 0 aliphatic rings. The van der Waals surface area contributed by atoms with Crippen molar-refractivity contribution in [3.63, 3.8) is 0 Å². The fourth-order valence-corrected chi connectivity index (χ4v) is 2.74. The van der Waals surface area contributed by atoms with Gasteiger partial charge in [-0.05, 0) is 24.6 Å². The number of imidazole rings is 1. The van der Waals surface area contributed by atoms with Crippen molar-refractivity contribution < 1.29 is 9.36 Å². The van der Waals surface area contributed by atoms with E-state index in [1.807, 2.05) is 77.0 Å². The third-order valence-electron chi connectivity index (χ3n) is 3.92. The van der Waals surface area contributed by atoms with E-state index in [4.69, 9.17) is 0 Å². The van der Waals surface area contributed by atoms with Gasteiger partial charge in [-0.1, -0.05) is 49.0 Å². The average Bonchev–Trinajstić information content (AvgIpc) is 2.93. The molecule has 1 aromatic heterocycles. The molecule has 0 aliphatic carbocycles. The number of carbonyl (C=O) groups is 1. The Morgan fingerprint density at radius 2 is 1.91 bits per heavy atom. The Balaban J connectivity index is 1.77. The lowest BCUT2D eigenvalue weighted by Gasteiger charge is -2.13. The molecule has 0 radical (unpaired) electrons. The van der Waals surface area contributed by atoms with Crippen LogP contribution < -0.4 is 9.88 Å². The van der Waals surface area contributed by atoms with Gasteiger partial charge in [0.15, 0.2) is 17.6 Å². The van der Waals surface area contributed by atoms with Crippen molar-refractivity contribution in [3.05, 3.63) is 73.1 Å². The maximum Gasteiger partial charge on any atom is 0.262 e. The third kappa shape index (κ3) is 3.16. The SMILES string of the molecule is C=Cn1c[n+](CC(=O)N[C@H](C)c2ccccc2)c2ccccc21. The van der Waals surface area contributed by atoms with Gasteiger partial charge in [-0.15, -0.1) is 0 Å². The van der Waals surface area contributed by atoms with E-state index in [-0.39, 0.29) is 18.5 Å². The summed E-state index contributed by atoms with van der Waals surface area (Å²) >= 11 is 0. The van der Waals surface area contributed by atoms with E-state index in [9.17, 15) is 4.79 Å². The number of nitrogens with one attached hydrogen (secondary N) is 1. The van der Waals surface area contributed by atoms with Gasteiger partial charge >= 0.3 is 0 Å². The number of aromatic nitrogens is 2. The molecule has 0 bridgehead atoms. The predicted octanol–water partition coefficient (Wildman–Crippen LogP) is 2.91. The minimum Gasteiger partial charge on any atom is -0.346 e. The van der Waals surface area contributed by atoms with Gasteiger partial charge < -0.3 is 5.32 Å². The average molecular weight is 306 g/mol. The van der Waals surface area contributed by atoms with Crippen LogP contribution in [0.4, 0.5) is 0 Å². The molecular formula is C19H20N3O+. The van der Waals surface area contributed by atoms with E-state index in [2.05, 4.69) is 11.9 Å². The quantitative estimate of drug-likeness (QED) is 0.723. The van der Waals surface area contributed by atoms with Crippen molar-refractivity contribution in [2.45, 2.75) is 19.5 Å². The molecule has 2 aromatic carbocycles. The second-order valence-corrected chi connectivity index (χ2v) is 5.52. The molecule has 116 valence electrons. The molecule has 0 fully saturated rings. The summed E-state index contributed by atoms with van der Waals surface area (Å²) in [6.07, 6.45) is 3.63. The number of fused-ring (bicyclic) bond motifs is 1. The smallest absolute Gasteiger partial charge is 0.262 e. The number of hydrogen-bond donors (Lipinski definition) is 1. The third-order valence-corrected chi connectivity index (χ3v) is 3.92. The first-order valence-corrected chi connectivity index (χ1v) is 7.65. The molecule has 4 heteroatoms. The number of amides is 1. The highest BCUT2D eigenvalue weighted by atomic mass is 16.2. The van der Waals surface area contributed by atoms with Crippen LogP contribution in [-0.4, -0.2) is 10.5 Å². The van der Waals surface area contributed by atoms with Gasteiger partial charge in [0.2, 0.25) is 6.33 Å². The highest BCUT2D eigenvalue weighted by Gasteiger charge is 2.17. The lowest BCUT2D eigenvalue weighted by molar-refractivity contribution is -0.659. The van der Waals surface area contributed by atoms with Gasteiger partial charge in [0.05, 0.1) is 12.2 Å². The van der Waals surface area contributed by atoms with Crippen LogP contribution in [-0.2, 0) is 11.3 Å².